The first-order valence-electron chi connectivity index (χ1n) is 7.00. The van der Waals surface area contributed by atoms with E-state index in [1.165, 1.54) is 25.7 Å². The van der Waals surface area contributed by atoms with Crippen molar-refractivity contribution >= 4 is 34.9 Å². The lowest BCUT2D eigenvalue weighted by molar-refractivity contribution is 0.317. The molecule has 1 N–H and O–H groups in total. The van der Waals surface area contributed by atoms with Crippen molar-refractivity contribution in [3.63, 3.8) is 0 Å². The molecule has 19 heavy (non-hydrogen) atoms. The maximum Gasteiger partial charge on any atom is 0.175 e. The summed E-state index contributed by atoms with van der Waals surface area (Å²) in [6.45, 7) is 5.73. The Labute approximate surface area is 128 Å². The molecule has 1 aliphatic rings. The molecule has 6 heteroatoms. The van der Waals surface area contributed by atoms with E-state index < -0.39 is 0 Å². The van der Waals surface area contributed by atoms with Crippen molar-refractivity contribution in [2.75, 3.05) is 12.8 Å². The van der Waals surface area contributed by atoms with Crippen LogP contribution in [0.3, 0.4) is 0 Å². The molecule has 0 amide bonds. The molecule has 1 aliphatic carbocycles. The lowest BCUT2D eigenvalue weighted by Gasteiger charge is -2.34. The monoisotopic (exact) mass is 317 g/mol. The minimum absolute atomic E-state index is 0.641. The van der Waals surface area contributed by atoms with E-state index in [4.69, 9.17) is 0 Å². The molecule has 0 spiro atoms. The molecule has 1 aromatic rings. The van der Waals surface area contributed by atoms with E-state index in [0.29, 0.717) is 11.3 Å². The number of thioether (sulfide) groups is 2. The summed E-state index contributed by atoms with van der Waals surface area (Å²) < 4.78 is 2.20. The van der Waals surface area contributed by atoms with Gasteiger partial charge in [-0.05, 0) is 44.4 Å². The van der Waals surface area contributed by atoms with Crippen LogP contribution < -0.4 is 5.32 Å². The summed E-state index contributed by atoms with van der Waals surface area (Å²) in [4.78, 5) is 0. The largest absolute Gasteiger partial charge is 0.313 e. The number of nitrogens with zero attached hydrogens (tertiary/aromatic N) is 2. The summed E-state index contributed by atoms with van der Waals surface area (Å²) >= 11 is 5.34. The van der Waals surface area contributed by atoms with E-state index in [0.717, 1.165) is 21.1 Å². The average Bonchev–Trinajstić information content (AvgIpc) is 2.85. The molecule has 1 fully saturated rings. The Bertz CT molecular complexity index is 381. The van der Waals surface area contributed by atoms with E-state index in [9.17, 15) is 0 Å². The first-order valence-corrected chi connectivity index (χ1v) is 9.92. The van der Waals surface area contributed by atoms with Crippen LogP contribution in [0.2, 0.25) is 0 Å². The highest BCUT2D eigenvalue weighted by Gasteiger charge is 2.29. The van der Waals surface area contributed by atoms with Crippen molar-refractivity contribution in [2.45, 2.75) is 59.5 Å². The van der Waals surface area contributed by atoms with Gasteiger partial charge in [-0.1, -0.05) is 48.7 Å². The normalized spacial score (nSPS) is 27.6. The molecule has 0 bridgehead atoms. The lowest BCUT2D eigenvalue weighted by Crippen LogP contribution is -2.42. The third kappa shape index (κ3) is 4.62. The Morgan fingerprint density at radius 3 is 2.79 bits per heavy atom. The number of rotatable bonds is 6. The van der Waals surface area contributed by atoms with Crippen LogP contribution >= 0.6 is 34.9 Å². The number of hydrogen-bond donors (Lipinski definition) is 1. The van der Waals surface area contributed by atoms with Gasteiger partial charge in [0.1, 0.15) is 0 Å². The third-order valence-electron chi connectivity index (χ3n) is 3.53. The molecule has 0 aromatic carbocycles. The van der Waals surface area contributed by atoms with Crippen molar-refractivity contribution in [1.82, 2.24) is 15.5 Å². The van der Waals surface area contributed by atoms with Crippen molar-refractivity contribution in [3.05, 3.63) is 0 Å². The highest BCUT2D eigenvalue weighted by molar-refractivity contribution is 8.03. The molecule has 3 unspecified atom stereocenters. The van der Waals surface area contributed by atoms with Crippen LogP contribution in [0.15, 0.2) is 8.68 Å². The van der Waals surface area contributed by atoms with Gasteiger partial charge in [-0.25, -0.2) is 0 Å². The van der Waals surface area contributed by atoms with Crippen LogP contribution in [0.25, 0.3) is 0 Å². The molecule has 2 rings (SSSR count). The van der Waals surface area contributed by atoms with Gasteiger partial charge in [0.05, 0.1) is 0 Å². The zero-order valence-corrected chi connectivity index (χ0v) is 14.3. The molecular formula is C13H23N3S3. The smallest absolute Gasteiger partial charge is 0.175 e. The predicted octanol–water partition coefficient (Wildman–Crippen LogP) is 3.91. The average molecular weight is 318 g/mol. The quantitative estimate of drug-likeness (QED) is 0.805. The number of aromatic nitrogens is 2. The second-order valence-electron chi connectivity index (χ2n) is 5.17. The van der Waals surface area contributed by atoms with Gasteiger partial charge in [-0.2, -0.15) is 0 Å². The standard InChI is InChI=1S/C13H23N3S3/c1-4-7-14-10-6-5-9(2)8-11(10)18-13-16-15-12(17-3)19-13/h9-11,14H,4-8H2,1-3H3. The molecule has 1 heterocycles. The molecule has 1 aromatic heterocycles. The van der Waals surface area contributed by atoms with Crippen molar-refractivity contribution in [2.24, 2.45) is 5.92 Å². The Morgan fingerprint density at radius 1 is 1.32 bits per heavy atom. The topological polar surface area (TPSA) is 37.8 Å². The SMILES string of the molecule is CCCNC1CCC(C)CC1Sc1nnc(SC)s1. The summed E-state index contributed by atoms with van der Waals surface area (Å²) in [6, 6.07) is 0.641. The maximum absolute atomic E-state index is 4.30. The Balaban J connectivity index is 1.96. The van der Waals surface area contributed by atoms with Gasteiger partial charge in [0.25, 0.3) is 0 Å². The zero-order chi connectivity index (χ0) is 13.7. The van der Waals surface area contributed by atoms with Gasteiger partial charge in [-0.3, -0.25) is 0 Å². The van der Waals surface area contributed by atoms with Crippen molar-refractivity contribution in [1.29, 1.82) is 0 Å². The van der Waals surface area contributed by atoms with Gasteiger partial charge in [-0.15, -0.1) is 10.2 Å². The zero-order valence-electron chi connectivity index (χ0n) is 11.9. The first kappa shape index (κ1) is 15.6. The van der Waals surface area contributed by atoms with E-state index in [1.807, 2.05) is 11.8 Å². The fraction of sp³-hybridized carbons (Fsp3) is 0.846. The minimum Gasteiger partial charge on any atom is -0.313 e. The van der Waals surface area contributed by atoms with Gasteiger partial charge in [0, 0.05) is 11.3 Å². The summed E-state index contributed by atoms with van der Waals surface area (Å²) in [5.74, 6) is 0.838. The first-order chi connectivity index (χ1) is 9.22. The fourth-order valence-electron chi connectivity index (χ4n) is 2.48. The van der Waals surface area contributed by atoms with Gasteiger partial charge >= 0.3 is 0 Å². The van der Waals surface area contributed by atoms with Crippen LogP contribution in [0.4, 0.5) is 0 Å². The molecule has 108 valence electrons. The van der Waals surface area contributed by atoms with E-state index in [2.05, 4.69) is 35.6 Å². The van der Waals surface area contributed by atoms with Gasteiger partial charge in [0.15, 0.2) is 8.68 Å². The van der Waals surface area contributed by atoms with Crippen LogP contribution in [0.5, 0.6) is 0 Å². The molecule has 0 saturated heterocycles. The van der Waals surface area contributed by atoms with Crippen molar-refractivity contribution in [3.8, 4) is 0 Å². The van der Waals surface area contributed by atoms with Crippen LogP contribution in [-0.4, -0.2) is 34.3 Å². The van der Waals surface area contributed by atoms with E-state index in [1.54, 1.807) is 23.1 Å². The molecule has 0 aliphatic heterocycles. The Morgan fingerprint density at radius 2 is 2.11 bits per heavy atom. The molecule has 0 radical (unpaired) electrons. The highest BCUT2D eigenvalue weighted by Crippen LogP contribution is 2.38. The predicted molar refractivity (Wildman–Crippen MR) is 86.4 cm³/mol. The number of hydrogen-bond acceptors (Lipinski definition) is 6. The van der Waals surface area contributed by atoms with Crippen molar-refractivity contribution < 1.29 is 0 Å². The van der Waals surface area contributed by atoms with E-state index in [-0.39, 0.29) is 0 Å². The van der Waals surface area contributed by atoms with Crippen LogP contribution in [0.1, 0.15) is 39.5 Å². The minimum atomic E-state index is 0.641. The Hall–Kier alpha value is 0.220. The Kier molecular flexibility index (Phi) is 6.45. The van der Waals surface area contributed by atoms with Gasteiger partial charge < -0.3 is 5.32 Å². The molecule has 1 saturated carbocycles. The second-order valence-corrected chi connectivity index (χ2v) is 8.69. The summed E-state index contributed by atoms with van der Waals surface area (Å²) in [7, 11) is 0. The third-order valence-corrected chi connectivity index (χ3v) is 6.86. The number of nitrogens with one attached hydrogen (secondary N) is 1. The van der Waals surface area contributed by atoms with Gasteiger partial charge in [0.2, 0.25) is 0 Å². The molecule has 3 atom stereocenters. The summed E-state index contributed by atoms with van der Waals surface area (Å²) in [6.07, 6.45) is 7.21. The molecular weight excluding hydrogens is 294 g/mol. The fourth-order valence-corrected chi connectivity index (χ4v) is 5.61. The summed E-state index contributed by atoms with van der Waals surface area (Å²) in [5, 5.41) is 12.9. The van der Waals surface area contributed by atoms with Crippen LogP contribution in [-0.2, 0) is 0 Å². The molecule has 3 nitrogen and oxygen atoms in total. The highest BCUT2D eigenvalue weighted by atomic mass is 32.2. The maximum atomic E-state index is 4.30. The van der Waals surface area contributed by atoms with Crippen LogP contribution in [0, 0.1) is 5.92 Å². The van der Waals surface area contributed by atoms with E-state index >= 15 is 0 Å². The second kappa shape index (κ2) is 7.86. The lowest BCUT2D eigenvalue weighted by atomic mass is 9.87. The summed E-state index contributed by atoms with van der Waals surface area (Å²) in [5.41, 5.74) is 0.